The number of likely N-dealkylation sites (N-methyl/N-ethyl adjacent to an activating group) is 1. The number of urea groups is 1. The number of anilines is 1. The van der Waals surface area contributed by atoms with Crippen LogP contribution in [0.2, 0.25) is 0 Å². The van der Waals surface area contributed by atoms with Crippen LogP contribution in [0.15, 0.2) is 60.3 Å². The number of nitrogens with one attached hydrogen (secondary N) is 1. The number of carbonyl (C=O) groups is 3. The Morgan fingerprint density at radius 2 is 1.68 bits per heavy atom. The van der Waals surface area contributed by atoms with Gasteiger partial charge in [0.25, 0.3) is 5.91 Å². The van der Waals surface area contributed by atoms with Gasteiger partial charge >= 0.3 is 6.03 Å². The Hall–Kier alpha value is -3.41. The molecule has 1 unspecified atom stereocenters. The van der Waals surface area contributed by atoms with Crippen LogP contribution >= 0.6 is 0 Å². The third-order valence-corrected chi connectivity index (χ3v) is 6.46. The molecule has 1 saturated heterocycles. The van der Waals surface area contributed by atoms with Crippen molar-refractivity contribution in [2.45, 2.75) is 38.6 Å². The molecule has 2 aromatic carbocycles. The normalized spacial score (nSPS) is 23.3. The Bertz CT molecular complexity index is 1120. The zero-order valence-electron chi connectivity index (χ0n) is 18.5. The van der Waals surface area contributed by atoms with Crippen molar-refractivity contribution < 1.29 is 14.4 Å². The summed E-state index contributed by atoms with van der Waals surface area (Å²) in [6, 6.07) is 14.9. The SMILES string of the molecule is Cc1ccc(C2(C)NC(=O)N(CC(=O)/C=C3\N(C)c4ccccc4C3(C)C)C2=O)cc1. The zero-order valence-corrected chi connectivity index (χ0v) is 18.5. The van der Waals surface area contributed by atoms with Gasteiger partial charge in [0.1, 0.15) is 5.54 Å². The van der Waals surface area contributed by atoms with Crippen LogP contribution in [0.25, 0.3) is 0 Å². The fourth-order valence-electron chi connectivity index (χ4n) is 4.54. The van der Waals surface area contributed by atoms with E-state index >= 15 is 0 Å². The Morgan fingerprint density at radius 3 is 2.32 bits per heavy atom. The predicted molar refractivity (Wildman–Crippen MR) is 120 cm³/mol. The molecule has 0 aromatic heterocycles. The maximum Gasteiger partial charge on any atom is 0.325 e. The van der Waals surface area contributed by atoms with Crippen LogP contribution in [0.4, 0.5) is 10.5 Å². The molecular formula is C25H27N3O3. The van der Waals surface area contributed by atoms with E-state index in [9.17, 15) is 14.4 Å². The second-order valence-electron chi connectivity index (χ2n) is 9.01. The van der Waals surface area contributed by atoms with Crippen molar-refractivity contribution in [3.05, 3.63) is 77.0 Å². The molecule has 1 atom stereocenters. The molecule has 2 aliphatic heterocycles. The highest BCUT2D eigenvalue weighted by Gasteiger charge is 2.49. The number of hydrogen-bond donors (Lipinski definition) is 1. The fraction of sp³-hybridized carbons (Fsp3) is 0.320. The van der Waals surface area contributed by atoms with Crippen molar-refractivity contribution in [3.8, 4) is 0 Å². The average Bonchev–Trinajstić information content (AvgIpc) is 3.06. The van der Waals surface area contributed by atoms with Gasteiger partial charge in [-0.1, -0.05) is 61.9 Å². The van der Waals surface area contributed by atoms with Crippen LogP contribution in [-0.4, -0.2) is 36.2 Å². The lowest BCUT2D eigenvalue weighted by Crippen LogP contribution is -2.41. The van der Waals surface area contributed by atoms with E-state index in [0.717, 1.165) is 27.4 Å². The van der Waals surface area contributed by atoms with Crippen LogP contribution in [-0.2, 0) is 20.5 Å². The molecule has 1 N–H and O–H groups in total. The van der Waals surface area contributed by atoms with E-state index in [4.69, 9.17) is 0 Å². The summed E-state index contributed by atoms with van der Waals surface area (Å²) in [6.07, 6.45) is 1.56. The predicted octanol–water partition coefficient (Wildman–Crippen LogP) is 3.64. The molecule has 4 rings (SSSR count). The molecule has 6 heteroatoms. The second kappa shape index (κ2) is 7.08. The van der Waals surface area contributed by atoms with Crippen LogP contribution in [0.1, 0.15) is 37.5 Å². The number of nitrogens with zero attached hydrogens (tertiary/aromatic N) is 2. The summed E-state index contributed by atoms with van der Waals surface area (Å²) in [5, 5.41) is 2.76. The highest BCUT2D eigenvalue weighted by atomic mass is 16.2. The first-order chi connectivity index (χ1) is 14.6. The van der Waals surface area contributed by atoms with Crippen molar-refractivity contribution >= 4 is 23.4 Å². The molecule has 6 nitrogen and oxygen atoms in total. The molecule has 2 aliphatic rings. The van der Waals surface area contributed by atoms with Crippen molar-refractivity contribution in [2.75, 3.05) is 18.5 Å². The van der Waals surface area contributed by atoms with E-state index < -0.39 is 17.5 Å². The average molecular weight is 418 g/mol. The number of benzene rings is 2. The number of fused-ring (bicyclic) bond motifs is 1. The molecule has 0 saturated carbocycles. The number of hydrogen-bond acceptors (Lipinski definition) is 4. The molecule has 1 fully saturated rings. The fourth-order valence-corrected chi connectivity index (χ4v) is 4.54. The van der Waals surface area contributed by atoms with Gasteiger partial charge in [-0.15, -0.1) is 0 Å². The van der Waals surface area contributed by atoms with Gasteiger partial charge in [-0.25, -0.2) is 4.79 Å². The molecule has 0 bridgehead atoms. The molecule has 2 heterocycles. The van der Waals surface area contributed by atoms with Gasteiger partial charge in [-0.05, 0) is 31.0 Å². The van der Waals surface area contributed by atoms with Gasteiger partial charge in [0.2, 0.25) is 0 Å². The smallest absolute Gasteiger partial charge is 0.325 e. The summed E-state index contributed by atoms with van der Waals surface area (Å²) in [5.74, 6) is -0.713. The summed E-state index contributed by atoms with van der Waals surface area (Å²) < 4.78 is 0. The van der Waals surface area contributed by atoms with Crippen molar-refractivity contribution in [2.24, 2.45) is 0 Å². The number of imide groups is 1. The van der Waals surface area contributed by atoms with E-state index in [2.05, 4.69) is 25.2 Å². The van der Waals surface area contributed by atoms with Gasteiger partial charge < -0.3 is 10.2 Å². The molecule has 160 valence electrons. The van der Waals surface area contributed by atoms with E-state index in [-0.39, 0.29) is 17.7 Å². The Labute approximate surface area is 182 Å². The summed E-state index contributed by atoms with van der Waals surface area (Å²) in [6.45, 7) is 7.47. The third kappa shape index (κ3) is 3.23. The highest BCUT2D eigenvalue weighted by Crippen LogP contribution is 2.46. The lowest BCUT2D eigenvalue weighted by Gasteiger charge is -2.24. The Kier molecular flexibility index (Phi) is 4.76. The molecular weight excluding hydrogens is 390 g/mol. The second-order valence-corrected chi connectivity index (χ2v) is 9.01. The molecule has 2 aromatic rings. The van der Waals surface area contributed by atoms with E-state index in [1.54, 1.807) is 13.0 Å². The number of aryl methyl sites for hydroxylation is 1. The number of allylic oxidation sites excluding steroid dienone is 1. The van der Waals surface area contributed by atoms with Gasteiger partial charge in [-0.3, -0.25) is 14.5 Å². The van der Waals surface area contributed by atoms with E-state index in [0.29, 0.717) is 5.56 Å². The summed E-state index contributed by atoms with van der Waals surface area (Å²) in [4.78, 5) is 41.7. The number of ketones is 1. The van der Waals surface area contributed by atoms with Crippen molar-refractivity contribution in [1.29, 1.82) is 0 Å². The van der Waals surface area contributed by atoms with Crippen LogP contribution < -0.4 is 10.2 Å². The first kappa shape index (κ1) is 20.8. The maximum absolute atomic E-state index is 13.1. The minimum Gasteiger partial charge on any atom is -0.347 e. The quantitative estimate of drug-likeness (QED) is 0.609. The molecule has 31 heavy (non-hydrogen) atoms. The van der Waals surface area contributed by atoms with E-state index in [1.165, 1.54) is 0 Å². The molecule has 0 spiro atoms. The Balaban J connectivity index is 1.57. The summed E-state index contributed by atoms with van der Waals surface area (Å²) in [5.41, 5.74) is 3.25. The first-order valence-corrected chi connectivity index (χ1v) is 10.3. The van der Waals surface area contributed by atoms with Crippen molar-refractivity contribution in [3.63, 3.8) is 0 Å². The van der Waals surface area contributed by atoms with Gasteiger partial charge in [0, 0.05) is 29.9 Å². The number of rotatable bonds is 4. The summed E-state index contributed by atoms with van der Waals surface area (Å²) >= 11 is 0. The largest absolute Gasteiger partial charge is 0.347 e. The highest BCUT2D eigenvalue weighted by molar-refractivity contribution is 6.10. The molecule has 0 aliphatic carbocycles. The van der Waals surface area contributed by atoms with E-state index in [1.807, 2.05) is 61.3 Å². The number of amides is 3. The lowest BCUT2D eigenvalue weighted by atomic mass is 9.83. The summed E-state index contributed by atoms with van der Waals surface area (Å²) in [7, 11) is 1.93. The minimum atomic E-state index is -1.18. The first-order valence-electron chi connectivity index (χ1n) is 10.3. The van der Waals surface area contributed by atoms with Crippen molar-refractivity contribution in [1.82, 2.24) is 10.2 Å². The topological polar surface area (TPSA) is 69.7 Å². The van der Waals surface area contributed by atoms with Crippen LogP contribution in [0, 0.1) is 6.92 Å². The third-order valence-electron chi connectivity index (χ3n) is 6.46. The number of carbonyl (C=O) groups excluding carboxylic acids is 3. The van der Waals surface area contributed by atoms with Gasteiger partial charge in [0.15, 0.2) is 5.78 Å². The molecule has 3 amide bonds. The Morgan fingerprint density at radius 1 is 1.03 bits per heavy atom. The van der Waals surface area contributed by atoms with Gasteiger partial charge in [0.05, 0.1) is 6.54 Å². The zero-order chi connectivity index (χ0) is 22.6. The molecule has 0 radical (unpaired) electrons. The van der Waals surface area contributed by atoms with Gasteiger partial charge in [-0.2, -0.15) is 0 Å². The number of para-hydroxylation sites is 1. The standard InChI is InChI=1S/C25H27N3O3/c1-16-10-12-17(13-11-16)25(4)22(30)28(23(31)26-25)15-18(29)14-21-24(2,3)19-8-6-7-9-20(19)27(21)5/h6-14H,15H2,1-5H3,(H,26,31)/b21-14-. The van der Waals surface area contributed by atoms with Crippen LogP contribution in [0.5, 0.6) is 0 Å². The minimum absolute atomic E-state index is 0.292. The monoisotopic (exact) mass is 417 g/mol. The maximum atomic E-state index is 13.1. The van der Waals surface area contributed by atoms with Crippen LogP contribution in [0.3, 0.4) is 0 Å². The lowest BCUT2D eigenvalue weighted by molar-refractivity contribution is -0.133.